The van der Waals surface area contributed by atoms with Crippen molar-refractivity contribution in [2.24, 2.45) is 0 Å². The van der Waals surface area contributed by atoms with Gasteiger partial charge >= 0.3 is 0 Å². The maximum atomic E-state index is 11.7. The topological polar surface area (TPSA) is 59.0 Å². The van der Waals surface area contributed by atoms with Gasteiger partial charge in [-0.05, 0) is 38.2 Å². The van der Waals surface area contributed by atoms with Gasteiger partial charge in [-0.2, -0.15) is 0 Å². The van der Waals surface area contributed by atoms with Gasteiger partial charge in [-0.3, -0.25) is 4.79 Å². The Morgan fingerprint density at radius 1 is 1.47 bits per heavy atom. The molecule has 0 spiro atoms. The van der Waals surface area contributed by atoms with Crippen molar-refractivity contribution in [1.29, 1.82) is 0 Å². The first-order chi connectivity index (χ1) is 9.17. The summed E-state index contributed by atoms with van der Waals surface area (Å²) in [6.07, 6.45) is 0. The van der Waals surface area contributed by atoms with Crippen LogP contribution in [0.25, 0.3) is 11.0 Å². The van der Waals surface area contributed by atoms with Crippen LogP contribution in [0, 0.1) is 4.77 Å². The highest BCUT2D eigenvalue weighted by Crippen LogP contribution is 2.24. The van der Waals surface area contributed by atoms with Crippen molar-refractivity contribution in [3.8, 4) is 5.75 Å². The molecule has 1 amide bonds. The Balaban J connectivity index is 2.45. The van der Waals surface area contributed by atoms with Gasteiger partial charge in [-0.15, -0.1) is 0 Å². The maximum absolute atomic E-state index is 11.7. The maximum Gasteiger partial charge on any atom is 0.240 e. The number of ether oxygens (including phenoxy) is 1. The minimum absolute atomic E-state index is 0.0543. The van der Waals surface area contributed by atoms with Crippen molar-refractivity contribution in [3.05, 3.63) is 23.0 Å². The Kier molecular flexibility index (Phi) is 4.21. The number of benzene rings is 1. The normalized spacial score (nSPS) is 10.6. The summed E-state index contributed by atoms with van der Waals surface area (Å²) in [4.78, 5) is 14.8. The zero-order chi connectivity index (χ0) is 13.8. The number of hydrogen-bond acceptors (Lipinski definition) is 3. The molecule has 1 aromatic heterocycles. The number of aromatic nitrogens is 2. The molecule has 102 valence electrons. The first kappa shape index (κ1) is 13.6. The van der Waals surface area contributed by atoms with Crippen LogP contribution in [-0.2, 0) is 11.3 Å². The van der Waals surface area contributed by atoms with E-state index in [1.807, 2.05) is 32.0 Å². The van der Waals surface area contributed by atoms with Gasteiger partial charge < -0.3 is 19.6 Å². The fraction of sp³-hybridized carbons (Fsp3) is 0.385. The second-order valence-electron chi connectivity index (χ2n) is 4.05. The van der Waals surface area contributed by atoms with E-state index in [4.69, 9.17) is 17.0 Å². The Morgan fingerprint density at radius 2 is 2.26 bits per heavy atom. The molecule has 0 fully saturated rings. The second-order valence-corrected chi connectivity index (χ2v) is 4.44. The van der Waals surface area contributed by atoms with Crippen LogP contribution in [0.5, 0.6) is 5.75 Å². The number of amides is 1. The summed E-state index contributed by atoms with van der Waals surface area (Å²) in [6.45, 7) is 5.22. The largest absolute Gasteiger partial charge is 0.492 e. The third-order valence-electron chi connectivity index (χ3n) is 2.75. The first-order valence-corrected chi connectivity index (χ1v) is 6.69. The summed E-state index contributed by atoms with van der Waals surface area (Å²) in [7, 11) is 0. The average molecular weight is 279 g/mol. The molecule has 1 heterocycles. The summed E-state index contributed by atoms with van der Waals surface area (Å²) < 4.78 is 7.85. The van der Waals surface area contributed by atoms with Gasteiger partial charge in [0, 0.05) is 6.54 Å². The van der Waals surface area contributed by atoms with E-state index in [9.17, 15) is 4.79 Å². The van der Waals surface area contributed by atoms with Gasteiger partial charge in [0.2, 0.25) is 5.91 Å². The lowest BCUT2D eigenvalue weighted by Crippen LogP contribution is -2.27. The number of H-pyrrole nitrogens is 1. The number of rotatable bonds is 5. The molecular formula is C13H17N3O2S. The van der Waals surface area contributed by atoms with Crippen molar-refractivity contribution in [2.45, 2.75) is 20.4 Å². The van der Waals surface area contributed by atoms with Crippen LogP contribution in [0.1, 0.15) is 13.8 Å². The molecule has 5 nitrogen and oxygen atoms in total. The summed E-state index contributed by atoms with van der Waals surface area (Å²) in [6, 6.07) is 5.70. The number of nitrogens with one attached hydrogen (secondary N) is 2. The third kappa shape index (κ3) is 2.78. The zero-order valence-electron chi connectivity index (χ0n) is 11.0. The predicted octanol–water partition coefficient (Wildman–Crippen LogP) is 2.23. The average Bonchev–Trinajstić information content (AvgIpc) is 2.68. The second kappa shape index (κ2) is 5.88. The number of hydrogen-bond donors (Lipinski definition) is 2. The highest BCUT2D eigenvalue weighted by molar-refractivity contribution is 7.71. The van der Waals surface area contributed by atoms with Crippen molar-refractivity contribution in [1.82, 2.24) is 14.9 Å². The van der Waals surface area contributed by atoms with Crippen molar-refractivity contribution < 1.29 is 9.53 Å². The Labute approximate surface area is 116 Å². The summed E-state index contributed by atoms with van der Waals surface area (Å²) in [5.74, 6) is 0.696. The van der Waals surface area contributed by atoms with E-state index < -0.39 is 0 Å². The zero-order valence-corrected chi connectivity index (χ0v) is 11.8. The van der Waals surface area contributed by atoms with Crippen molar-refractivity contribution in [3.63, 3.8) is 0 Å². The van der Waals surface area contributed by atoms with Gasteiger partial charge in [0.25, 0.3) is 0 Å². The Morgan fingerprint density at radius 3 is 2.95 bits per heavy atom. The number of fused-ring (bicyclic) bond motifs is 1. The van der Waals surface area contributed by atoms with Gasteiger partial charge in [-0.25, -0.2) is 0 Å². The molecule has 0 saturated heterocycles. The highest BCUT2D eigenvalue weighted by atomic mass is 32.1. The van der Waals surface area contributed by atoms with Gasteiger partial charge in [0.15, 0.2) is 4.77 Å². The smallest absolute Gasteiger partial charge is 0.240 e. The van der Waals surface area contributed by atoms with E-state index in [0.29, 0.717) is 17.9 Å². The molecule has 2 aromatic rings. The molecule has 6 heteroatoms. The summed E-state index contributed by atoms with van der Waals surface area (Å²) in [5, 5.41) is 2.76. The van der Waals surface area contributed by atoms with Crippen LogP contribution < -0.4 is 10.1 Å². The molecule has 2 N–H and O–H groups in total. The fourth-order valence-electron chi connectivity index (χ4n) is 1.98. The molecule has 0 radical (unpaired) electrons. The number of aromatic amines is 1. The van der Waals surface area contributed by atoms with Crippen molar-refractivity contribution in [2.75, 3.05) is 13.2 Å². The molecule has 0 saturated carbocycles. The quantitative estimate of drug-likeness (QED) is 0.825. The minimum atomic E-state index is -0.0543. The molecule has 2 rings (SSSR count). The summed E-state index contributed by atoms with van der Waals surface area (Å²) >= 11 is 5.27. The van der Waals surface area contributed by atoms with Crippen molar-refractivity contribution >= 4 is 29.2 Å². The number of carbonyl (C=O) groups excluding carboxylic acids is 1. The van der Waals surface area contributed by atoms with Gasteiger partial charge in [-0.1, -0.05) is 6.07 Å². The number of likely N-dealkylation sites (N-methyl/N-ethyl adjacent to an activating group) is 1. The van der Waals surface area contributed by atoms with E-state index in [1.165, 1.54) is 0 Å². The monoisotopic (exact) mass is 279 g/mol. The van der Waals surface area contributed by atoms with Gasteiger partial charge in [0.05, 0.1) is 12.1 Å². The van der Waals surface area contributed by atoms with E-state index in [1.54, 1.807) is 4.57 Å². The van der Waals surface area contributed by atoms with Gasteiger partial charge in [0.1, 0.15) is 17.8 Å². The molecule has 0 aliphatic carbocycles. The van der Waals surface area contributed by atoms with E-state index in [2.05, 4.69) is 10.3 Å². The number of carbonyl (C=O) groups is 1. The van der Waals surface area contributed by atoms with Crippen LogP contribution in [0.15, 0.2) is 18.2 Å². The number of nitrogens with zero attached hydrogens (tertiary/aromatic N) is 1. The van der Waals surface area contributed by atoms with Crippen LogP contribution in [0.2, 0.25) is 0 Å². The first-order valence-electron chi connectivity index (χ1n) is 6.28. The predicted molar refractivity (Wildman–Crippen MR) is 77.0 cm³/mol. The van der Waals surface area contributed by atoms with Crippen LogP contribution >= 0.6 is 12.2 Å². The summed E-state index contributed by atoms with van der Waals surface area (Å²) in [5.41, 5.74) is 1.71. The minimum Gasteiger partial charge on any atom is -0.492 e. The molecule has 19 heavy (non-hydrogen) atoms. The van der Waals surface area contributed by atoms with Crippen LogP contribution in [0.3, 0.4) is 0 Å². The lowest BCUT2D eigenvalue weighted by atomic mass is 10.3. The SMILES string of the molecule is CCNC(=O)Cn1c(=S)[nH]c2c(OCC)cccc21. The van der Waals surface area contributed by atoms with E-state index in [0.717, 1.165) is 16.8 Å². The lowest BCUT2D eigenvalue weighted by molar-refractivity contribution is -0.121. The molecular weight excluding hydrogens is 262 g/mol. The van der Waals surface area contributed by atoms with E-state index >= 15 is 0 Å². The number of para-hydroxylation sites is 1. The third-order valence-corrected chi connectivity index (χ3v) is 3.07. The molecule has 0 atom stereocenters. The Hall–Kier alpha value is -1.82. The van der Waals surface area contributed by atoms with Crippen LogP contribution in [-0.4, -0.2) is 28.6 Å². The highest BCUT2D eigenvalue weighted by Gasteiger charge is 2.11. The Bertz CT molecular complexity index is 645. The standard InChI is InChI=1S/C13H17N3O2S/c1-3-14-11(17)8-16-9-6-5-7-10(18-4-2)12(9)15-13(16)19/h5-7H,3-4,8H2,1-2H3,(H,14,17)(H,15,19). The van der Waals surface area contributed by atoms with Crippen LogP contribution in [0.4, 0.5) is 0 Å². The number of imidazole rings is 1. The molecule has 0 aliphatic rings. The molecule has 0 bridgehead atoms. The fourth-order valence-corrected chi connectivity index (χ4v) is 2.25. The lowest BCUT2D eigenvalue weighted by Gasteiger charge is -2.06. The molecule has 1 aromatic carbocycles. The van der Waals surface area contributed by atoms with E-state index in [-0.39, 0.29) is 12.5 Å². The molecule has 0 unspecified atom stereocenters. The molecule has 0 aliphatic heterocycles.